The maximum absolute atomic E-state index is 14.4. The van der Waals surface area contributed by atoms with Crippen LogP contribution in [0.5, 0.6) is 0 Å². The molecule has 2 fully saturated rings. The summed E-state index contributed by atoms with van der Waals surface area (Å²) < 4.78 is 14.4. The van der Waals surface area contributed by atoms with Crippen LogP contribution in [0.2, 0.25) is 0 Å². The first-order valence-corrected chi connectivity index (χ1v) is 5.13. The van der Waals surface area contributed by atoms with Crippen LogP contribution in [0.25, 0.3) is 0 Å². The van der Waals surface area contributed by atoms with Crippen LogP contribution in [0.3, 0.4) is 0 Å². The summed E-state index contributed by atoms with van der Waals surface area (Å²) in [4.78, 5) is 0. The third-order valence-electron chi connectivity index (χ3n) is 3.74. The Labute approximate surface area is 73.7 Å². The van der Waals surface area contributed by atoms with Crippen LogP contribution in [0.4, 0.5) is 4.39 Å². The van der Waals surface area contributed by atoms with E-state index in [0.717, 1.165) is 32.4 Å². The van der Waals surface area contributed by atoms with Crippen LogP contribution in [-0.4, -0.2) is 18.8 Å². The summed E-state index contributed by atoms with van der Waals surface area (Å²) in [6.07, 6.45) is 4.23. The lowest BCUT2D eigenvalue weighted by Gasteiger charge is -2.45. The van der Waals surface area contributed by atoms with Gasteiger partial charge in [-0.05, 0) is 31.7 Å². The van der Waals surface area contributed by atoms with Crippen LogP contribution in [-0.2, 0) is 0 Å². The molecule has 0 aromatic rings. The molecule has 0 spiro atoms. The number of piperidine rings is 1. The molecule has 70 valence electrons. The molecule has 1 aliphatic heterocycles. The number of hydrogen-bond donors (Lipinski definition) is 1. The first-order valence-electron chi connectivity index (χ1n) is 5.13. The van der Waals surface area contributed by atoms with Crippen LogP contribution in [0.15, 0.2) is 0 Å². The predicted octanol–water partition coefficient (Wildman–Crippen LogP) is 2.12. The van der Waals surface area contributed by atoms with Crippen LogP contribution in [0, 0.1) is 11.8 Å². The van der Waals surface area contributed by atoms with Gasteiger partial charge in [-0.2, -0.15) is 0 Å². The lowest BCUT2D eigenvalue weighted by Crippen LogP contribution is -2.52. The third-order valence-corrected chi connectivity index (χ3v) is 3.74. The summed E-state index contributed by atoms with van der Waals surface area (Å²) in [5.41, 5.74) is -0.830. The maximum atomic E-state index is 14.4. The van der Waals surface area contributed by atoms with Crippen molar-refractivity contribution in [3.8, 4) is 0 Å². The normalized spacial score (nSPS) is 44.0. The van der Waals surface area contributed by atoms with Crippen molar-refractivity contribution in [2.75, 3.05) is 13.1 Å². The van der Waals surface area contributed by atoms with Gasteiger partial charge in [-0.25, -0.2) is 4.39 Å². The Morgan fingerprint density at radius 1 is 1.42 bits per heavy atom. The quantitative estimate of drug-likeness (QED) is 0.637. The number of halogens is 1. The Kier molecular flexibility index (Phi) is 2.11. The van der Waals surface area contributed by atoms with Crippen LogP contribution >= 0.6 is 0 Å². The lowest BCUT2D eigenvalue weighted by atomic mass is 9.66. The van der Waals surface area contributed by atoms with Crippen molar-refractivity contribution in [3.63, 3.8) is 0 Å². The van der Waals surface area contributed by atoms with E-state index in [1.54, 1.807) is 0 Å². The molecule has 1 nitrogen and oxygen atoms in total. The lowest BCUT2D eigenvalue weighted by molar-refractivity contribution is -0.0358. The Bertz CT molecular complexity index is 163. The van der Waals surface area contributed by atoms with Crippen LogP contribution in [0.1, 0.15) is 32.6 Å². The molecular weight excluding hydrogens is 153 g/mol. The molecular formula is C10H18FN. The molecule has 0 radical (unpaired) electrons. The van der Waals surface area contributed by atoms with Gasteiger partial charge in [0.2, 0.25) is 0 Å². The minimum atomic E-state index is -0.830. The molecule has 0 amide bonds. The summed E-state index contributed by atoms with van der Waals surface area (Å²) in [5, 5.41) is 3.25. The molecule has 1 aliphatic carbocycles. The molecule has 1 heterocycles. The Hall–Kier alpha value is -0.110. The van der Waals surface area contributed by atoms with Gasteiger partial charge in [0.25, 0.3) is 0 Å². The number of alkyl halides is 1. The molecule has 2 unspecified atom stereocenters. The highest BCUT2D eigenvalue weighted by Gasteiger charge is 2.47. The van der Waals surface area contributed by atoms with Crippen molar-refractivity contribution in [1.29, 1.82) is 0 Å². The second kappa shape index (κ2) is 2.99. The summed E-state index contributed by atoms with van der Waals surface area (Å²) in [6.45, 7) is 3.79. The summed E-state index contributed by atoms with van der Waals surface area (Å²) in [7, 11) is 0. The van der Waals surface area contributed by atoms with E-state index >= 15 is 0 Å². The Balaban J connectivity index is 2.04. The van der Waals surface area contributed by atoms with Crippen LogP contribution < -0.4 is 5.32 Å². The number of nitrogens with one attached hydrogen (secondary N) is 1. The van der Waals surface area contributed by atoms with Crippen molar-refractivity contribution in [2.24, 2.45) is 11.8 Å². The maximum Gasteiger partial charge on any atom is 0.118 e. The monoisotopic (exact) mass is 171 g/mol. The van der Waals surface area contributed by atoms with Crippen molar-refractivity contribution >= 4 is 0 Å². The highest BCUT2D eigenvalue weighted by molar-refractivity contribution is 4.98. The molecule has 2 rings (SSSR count). The van der Waals surface area contributed by atoms with Crippen molar-refractivity contribution < 1.29 is 4.39 Å². The van der Waals surface area contributed by atoms with Gasteiger partial charge in [-0.3, -0.25) is 0 Å². The molecule has 2 aliphatic rings. The average molecular weight is 171 g/mol. The fourth-order valence-corrected chi connectivity index (χ4v) is 2.51. The summed E-state index contributed by atoms with van der Waals surface area (Å²) in [6, 6.07) is 0. The Morgan fingerprint density at radius 3 is 2.67 bits per heavy atom. The SMILES string of the molecule is CC1CNCCC1(F)C1CCC1. The third kappa shape index (κ3) is 1.17. The molecule has 0 bridgehead atoms. The van der Waals surface area contributed by atoms with E-state index in [0.29, 0.717) is 5.92 Å². The highest BCUT2D eigenvalue weighted by atomic mass is 19.1. The molecule has 1 saturated carbocycles. The van der Waals surface area contributed by atoms with Gasteiger partial charge in [0.05, 0.1) is 0 Å². The van der Waals surface area contributed by atoms with E-state index in [2.05, 4.69) is 5.32 Å². The topological polar surface area (TPSA) is 12.0 Å². The van der Waals surface area contributed by atoms with E-state index in [1.807, 2.05) is 6.92 Å². The van der Waals surface area contributed by atoms with E-state index in [1.165, 1.54) is 6.42 Å². The fourth-order valence-electron chi connectivity index (χ4n) is 2.51. The van der Waals surface area contributed by atoms with Gasteiger partial charge >= 0.3 is 0 Å². The second-order valence-corrected chi connectivity index (χ2v) is 4.41. The molecule has 2 atom stereocenters. The molecule has 2 heteroatoms. The van der Waals surface area contributed by atoms with Crippen molar-refractivity contribution in [1.82, 2.24) is 5.32 Å². The summed E-state index contributed by atoms with van der Waals surface area (Å²) >= 11 is 0. The second-order valence-electron chi connectivity index (χ2n) is 4.41. The molecule has 0 aromatic carbocycles. The molecule has 1 saturated heterocycles. The van der Waals surface area contributed by atoms with Gasteiger partial charge in [0, 0.05) is 12.5 Å². The first-order chi connectivity index (χ1) is 5.73. The zero-order chi connectivity index (χ0) is 8.60. The minimum absolute atomic E-state index is 0.219. The van der Waals surface area contributed by atoms with E-state index in [4.69, 9.17) is 0 Å². The first kappa shape index (κ1) is 8.49. The fraction of sp³-hybridized carbons (Fsp3) is 1.00. The van der Waals surface area contributed by atoms with E-state index < -0.39 is 5.67 Å². The van der Waals surface area contributed by atoms with Gasteiger partial charge in [-0.15, -0.1) is 0 Å². The van der Waals surface area contributed by atoms with Crippen molar-refractivity contribution in [2.45, 2.75) is 38.3 Å². The van der Waals surface area contributed by atoms with Gasteiger partial charge < -0.3 is 5.32 Å². The minimum Gasteiger partial charge on any atom is -0.316 e. The average Bonchev–Trinajstić information content (AvgIpc) is 1.92. The Morgan fingerprint density at radius 2 is 2.17 bits per heavy atom. The molecule has 1 N–H and O–H groups in total. The molecule has 12 heavy (non-hydrogen) atoms. The number of hydrogen-bond acceptors (Lipinski definition) is 1. The zero-order valence-corrected chi connectivity index (χ0v) is 7.78. The van der Waals surface area contributed by atoms with E-state index in [-0.39, 0.29) is 5.92 Å². The smallest absolute Gasteiger partial charge is 0.118 e. The van der Waals surface area contributed by atoms with E-state index in [9.17, 15) is 4.39 Å². The predicted molar refractivity (Wildman–Crippen MR) is 47.8 cm³/mol. The summed E-state index contributed by atoms with van der Waals surface area (Å²) in [5.74, 6) is 0.603. The zero-order valence-electron chi connectivity index (χ0n) is 7.78. The molecule has 0 aromatic heterocycles. The largest absolute Gasteiger partial charge is 0.316 e. The highest BCUT2D eigenvalue weighted by Crippen LogP contribution is 2.45. The standard InChI is InChI=1S/C10H18FN/c1-8-7-12-6-5-10(8,11)9-3-2-4-9/h8-9,12H,2-7H2,1H3. The van der Waals surface area contributed by atoms with Gasteiger partial charge in [0.15, 0.2) is 0 Å². The van der Waals surface area contributed by atoms with Crippen molar-refractivity contribution in [3.05, 3.63) is 0 Å². The van der Waals surface area contributed by atoms with Gasteiger partial charge in [0.1, 0.15) is 5.67 Å². The number of rotatable bonds is 1. The van der Waals surface area contributed by atoms with Gasteiger partial charge in [-0.1, -0.05) is 13.3 Å².